The van der Waals surface area contributed by atoms with Gasteiger partial charge in [0, 0.05) is 6.20 Å². The van der Waals surface area contributed by atoms with Crippen molar-refractivity contribution >= 4 is 29.2 Å². The van der Waals surface area contributed by atoms with Crippen LogP contribution in [0.25, 0.3) is 0 Å². The number of imide groups is 1. The molecule has 3 saturated heterocycles. The normalized spacial score (nSPS) is 36.2. The highest BCUT2D eigenvalue weighted by Gasteiger charge is 2.62. The van der Waals surface area contributed by atoms with Crippen LogP contribution in [0, 0.1) is 11.8 Å². The molecule has 3 aliphatic heterocycles. The van der Waals surface area contributed by atoms with Gasteiger partial charge in [0.25, 0.3) is 0 Å². The van der Waals surface area contributed by atoms with Crippen molar-refractivity contribution in [3.05, 3.63) is 23.4 Å². The topological polar surface area (TPSA) is 59.5 Å². The Morgan fingerprint density at radius 2 is 1.79 bits per heavy atom. The number of amides is 2. The highest BCUT2D eigenvalue weighted by atomic mass is 35.5. The van der Waals surface area contributed by atoms with E-state index in [4.69, 9.17) is 16.3 Å². The Kier molecular flexibility index (Phi) is 2.26. The molecule has 4 rings (SSSR count). The number of anilines is 1. The summed E-state index contributed by atoms with van der Waals surface area (Å²) in [7, 11) is 0. The number of hydrogen-bond donors (Lipinski definition) is 0. The molecule has 5 nitrogen and oxygen atoms in total. The zero-order valence-electron chi connectivity index (χ0n) is 9.95. The molecule has 19 heavy (non-hydrogen) atoms. The van der Waals surface area contributed by atoms with Crippen molar-refractivity contribution in [3.8, 4) is 0 Å². The monoisotopic (exact) mass is 278 g/mol. The van der Waals surface area contributed by atoms with Gasteiger partial charge in [0.15, 0.2) is 0 Å². The molecule has 0 aromatic carbocycles. The Morgan fingerprint density at radius 3 is 2.32 bits per heavy atom. The quantitative estimate of drug-likeness (QED) is 0.729. The van der Waals surface area contributed by atoms with Crippen molar-refractivity contribution in [2.24, 2.45) is 11.8 Å². The second-order valence-corrected chi connectivity index (χ2v) is 5.62. The van der Waals surface area contributed by atoms with Crippen molar-refractivity contribution in [2.75, 3.05) is 4.90 Å². The summed E-state index contributed by atoms with van der Waals surface area (Å²) in [4.78, 5) is 30.1. The predicted molar refractivity (Wildman–Crippen MR) is 66.6 cm³/mol. The highest BCUT2D eigenvalue weighted by molar-refractivity contribution is 6.30. The molecule has 4 heterocycles. The van der Waals surface area contributed by atoms with Gasteiger partial charge in [-0.1, -0.05) is 11.6 Å². The zero-order chi connectivity index (χ0) is 13.1. The summed E-state index contributed by atoms with van der Waals surface area (Å²) in [5.41, 5.74) is 0. The largest absolute Gasteiger partial charge is 0.373 e. The van der Waals surface area contributed by atoms with Gasteiger partial charge >= 0.3 is 0 Å². The van der Waals surface area contributed by atoms with Crippen LogP contribution >= 0.6 is 11.6 Å². The van der Waals surface area contributed by atoms with Crippen molar-refractivity contribution in [1.29, 1.82) is 0 Å². The lowest BCUT2D eigenvalue weighted by atomic mass is 9.81. The Morgan fingerprint density at radius 1 is 1.16 bits per heavy atom. The van der Waals surface area contributed by atoms with Crippen LogP contribution in [-0.2, 0) is 14.3 Å². The van der Waals surface area contributed by atoms with E-state index in [1.807, 2.05) is 0 Å². The fraction of sp³-hybridized carbons (Fsp3) is 0.462. The molecule has 0 saturated carbocycles. The van der Waals surface area contributed by atoms with Crippen molar-refractivity contribution < 1.29 is 14.3 Å². The molecule has 0 radical (unpaired) electrons. The van der Waals surface area contributed by atoms with Gasteiger partial charge in [-0.25, -0.2) is 9.88 Å². The van der Waals surface area contributed by atoms with E-state index < -0.39 is 0 Å². The average Bonchev–Trinajstić information content (AvgIpc) is 3.06. The van der Waals surface area contributed by atoms with E-state index in [9.17, 15) is 9.59 Å². The third kappa shape index (κ3) is 1.42. The lowest BCUT2D eigenvalue weighted by molar-refractivity contribution is -0.124. The number of fused-ring (bicyclic) bond motifs is 5. The first-order valence-electron chi connectivity index (χ1n) is 6.31. The molecule has 1 aromatic rings. The summed E-state index contributed by atoms with van der Waals surface area (Å²) in [6.45, 7) is 0. The second kappa shape index (κ2) is 3.77. The highest BCUT2D eigenvalue weighted by Crippen LogP contribution is 2.49. The maximum absolute atomic E-state index is 12.4. The molecule has 0 N–H and O–H groups in total. The molecule has 0 spiro atoms. The fourth-order valence-corrected chi connectivity index (χ4v) is 3.55. The molecule has 3 fully saturated rings. The smallest absolute Gasteiger partial charge is 0.241 e. The van der Waals surface area contributed by atoms with Crippen LogP contribution in [0.3, 0.4) is 0 Å². The number of hydrogen-bond acceptors (Lipinski definition) is 4. The summed E-state index contributed by atoms with van der Waals surface area (Å²) in [5.74, 6) is -0.644. The minimum absolute atomic E-state index is 0.0937. The molecular weight excluding hydrogens is 268 g/mol. The minimum Gasteiger partial charge on any atom is -0.373 e. The summed E-state index contributed by atoms with van der Waals surface area (Å²) in [5, 5.41) is 0.478. The van der Waals surface area contributed by atoms with Gasteiger partial charge in [0.1, 0.15) is 5.82 Å². The number of carbonyl (C=O) groups excluding carboxylic acids is 2. The minimum atomic E-state index is -0.316. The first-order chi connectivity index (χ1) is 9.16. The van der Waals surface area contributed by atoms with Gasteiger partial charge in [0.2, 0.25) is 11.8 Å². The van der Waals surface area contributed by atoms with Crippen LogP contribution < -0.4 is 4.90 Å². The van der Waals surface area contributed by atoms with Crippen LogP contribution in [0.2, 0.25) is 5.02 Å². The number of aromatic nitrogens is 1. The van der Waals surface area contributed by atoms with Crippen LogP contribution in [0.4, 0.5) is 5.82 Å². The standard InChI is InChI=1S/C13H11ClN2O3/c14-6-1-4-9(15-5-6)16-12(17)10-7-2-3-8(19-7)11(10)13(16)18/h1,4-5,7-8,10-11H,2-3H2. The van der Waals surface area contributed by atoms with E-state index in [1.54, 1.807) is 12.1 Å². The van der Waals surface area contributed by atoms with E-state index in [2.05, 4.69) is 4.98 Å². The Bertz CT molecular complexity index is 546. The summed E-state index contributed by atoms with van der Waals surface area (Å²) < 4.78 is 5.67. The van der Waals surface area contributed by atoms with Crippen LogP contribution in [0.1, 0.15) is 12.8 Å². The molecular formula is C13H11ClN2O3. The van der Waals surface area contributed by atoms with E-state index in [0.717, 1.165) is 12.8 Å². The second-order valence-electron chi connectivity index (χ2n) is 5.19. The summed E-state index contributed by atoms with van der Waals surface area (Å²) in [6, 6.07) is 3.23. The van der Waals surface area contributed by atoms with Crippen LogP contribution in [-0.4, -0.2) is 29.0 Å². The molecule has 4 unspecified atom stereocenters. The average molecular weight is 279 g/mol. The molecule has 2 amide bonds. The van der Waals surface area contributed by atoms with Gasteiger partial charge in [-0.05, 0) is 25.0 Å². The molecule has 2 bridgehead atoms. The fourth-order valence-electron chi connectivity index (χ4n) is 3.44. The number of carbonyl (C=O) groups is 2. The Hall–Kier alpha value is -1.46. The summed E-state index contributed by atoms with van der Waals surface area (Å²) in [6.07, 6.45) is 2.99. The van der Waals surface area contributed by atoms with Gasteiger partial charge < -0.3 is 4.74 Å². The van der Waals surface area contributed by atoms with Crippen molar-refractivity contribution in [1.82, 2.24) is 4.98 Å². The van der Waals surface area contributed by atoms with E-state index >= 15 is 0 Å². The Labute approximate surface area is 114 Å². The van der Waals surface area contributed by atoms with Gasteiger partial charge in [-0.3, -0.25) is 9.59 Å². The van der Waals surface area contributed by atoms with E-state index in [1.165, 1.54) is 11.1 Å². The third-order valence-corrected chi connectivity index (χ3v) is 4.45. The molecule has 0 aliphatic carbocycles. The molecule has 4 atom stereocenters. The molecule has 3 aliphatic rings. The van der Waals surface area contributed by atoms with Gasteiger partial charge in [-0.15, -0.1) is 0 Å². The first kappa shape index (κ1) is 11.4. The number of pyridine rings is 1. The molecule has 1 aromatic heterocycles. The van der Waals surface area contributed by atoms with Crippen LogP contribution in [0.5, 0.6) is 0 Å². The van der Waals surface area contributed by atoms with Gasteiger partial charge in [-0.2, -0.15) is 0 Å². The van der Waals surface area contributed by atoms with Crippen molar-refractivity contribution in [3.63, 3.8) is 0 Å². The van der Waals surface area contributed by atoms with E-state index in [-0.39, 0.29) is 35.9 Å². The first-order valence-corrected chi connectivity index (χ1v) is 6.69. The number of ether oxygens (including phenoxy) is 1. The number of halogens is 1. The van der Waals surface area contributed by atoms with E-state index in [0.29, 0.717) is 10.8 Å². The lowest BCUT2D eigenvalue weighted by Crippen LogP contribution is -2.34. The SMILES string of the molecule is O=C1C2C3CCC(O3)C2C(=O)N1c1ccc(Cl)cn1. The van der Waals surface area contributed by atoms with Crippen molar-refractivity contribution in [2.45, 2.75) is 25.0 Å². The maximum Gasteiger partial charge on any atom is 0.241 e. The molecule has 98 valence electrons. The van der Waals surface area contributed by atoms with Crippen LogP contribution in [0.15, 0.2) is 18.3 Å². The maximum atomic E-state index is 12.4. The summed E-state index contributed by atoms with van der Waals surface area (Å²) >= 11 is 5.77. The Balaban J connectivity index is 1.73. The molecule has 6 heteroatoms. The number of rotatable bonds is 1. The zero-order valence-corrected chi connectivity index (χ0v) is 10.7. The van der Waals surface area contributed by atoms with Gasteiger partial charge in [0.05, 0.1) is 29.1 Å². The number of nitrogens with zero attached hydrogens (tertiary/aromatic N) is 2. The lowest BCUT2D eigenvalue weighted by Gasteiger charge is -2.16. The predicted octanol–water partition coefficient (Wildman–Crippen LogP) is 1.40. The third-order valence-electron chi connectivity index (χ3n) is 4.23.